The van der Waals surface area contributed by atoms with Crippen LogP contribution >= 0.6 is 0 Å². The molecule has 4 nitrogen and oxygen atoms in total. The second kappa shape index (κ2) is 14.0. The molecule has 3 N–H and O–H groups in total. The number of aliphatic imine (C=N–C) groups is 1. The molecular formula is C40H54N2O2. The normalized spacial score (nSPS) is 14.7. The van der Waals surface area contributed by atoms with Gasteiger partial charge in [0.1, 0.15) is 11.5 Å². The predicted octanol–water partition coefficient (Wildman–Crippen LogP) is 10.7. The van der Waals surface area contributed by atoms with Crippen molar-refractivity contribution in [3.05, 3.63) is 88.5 Å². The number of phenolic OH excluding ortho intramolecular Hbond substituents is 2. The van der Waals surface area contributed by atoms with Crippen LogP contribution in [0.1, 0.15) is 128 Å². The fraction of sp³-hybridized carbons (Fsp3) is 0.450. The van der Waals surface area contributed by atoms with E-state index in [0.717, 1.165) is 51.8 Å². The van der Waals surface area contributed by atoms with Gasteiger partial charge in [0.2, 0.25) is 0 Å². The molecule has 0 heterocycles. The number of hydrogen-bond donors (Lipinski definition) is 3. The molecule has 4 heteroatoms. The molecule has 1 fully saturated rings. The van der Waals surface area contributed by atoms with E-state index in [2.05, 4.69) is 111 Å². The van der Waals surface area contributed by atoms with Crippen LogP contribution in [0.3, 0.4) is 0 Å². The Kier molecular flexibility index (Phi) is 11.1. The number of phenols is 2. The number of hydrogen-bond acceptors (Lipinski definition) is 4. The van der Waals surface area contributed by atoms with Crippen molar-refractivity contribution in [1.82, 2.24) is 0 Å². The van der Waals surface area contributed by atoms with Crippen molar-refractivity contribution in [1.29, 1.82) is 5.41 Å². The monoisotopic (exact) mass is 594 g/mol. The summed E-state index contributed by atoms with van der Waals surface area (Å²) in [5, 5.41) is 28.5. The van der Waals surface area contributed by atoms with Crippen molar-refractivity contribution in [2.75, 3.05) is 0 Å². The van der Waals surface area contributed by atoms with Gasteiger partial charge in [-0.1, -0.05) is 125 Å². The molecule has 0 atom stereocenters. The highest BCUT2D eigenvalue weighted by molar-refractivity contribution is 5.88. The third-order valence-electron chi connectivity index (χ3n) is 8.40. The maximum Gasteiger partial charge on any atom is 0.128 e. The summed E-state index contributed by atoms with van der Waals surface area (Å²) in [6, 6.07) is 16.9. The summed E-state index contributed by atoms with van der Waals surface area (Å²) in [6.45, 7) is 22.9. The van der Waals surface area contributed by atoms with Crippen LogP contribution in [0.25, 0.3) is 17.2 Å². The van der Waals surface area contributed by atoms with Crippen LogP contribution in [0.4, 0.5) is 0 Å². The Morgan fingerprint density at radius 3 is 1.75 bits per heavy atom. The average Bonchev–Trinajstić information content (AvgIpc) is 2.96. The third-order valence-corrected chi connectivity index (χ3v) is 8.40. The highest BCUT2D eigenvalue weighted by atomic mass is 16.3. The minimum absolute atomic E-state index is 0.0193. The van der Waals surface area contributed by atoms with Crippen LogP contribution in [-0.4, -0.2) is 28.7 Å². The second-order valence-electron chi connectivity index (χ2n) is 15.2. The summed E-state index contributed by atoms with van der Waals surface area (Å²) < 4.78 is 0. The molecule has 0 aromatic heterocycles. The lowest BCUT2D eigenvalue weighted by Crippen LogP contribution is -2.17. The molecule has 0 amide bonds. The molecule has 1 aliphatic rings. The number of nitrogens with one attached hydrogen (secondary N) is 1. The van der Waals surface area contributed by atoms with E-state index in [9.17, 15) is 10.2 Å². The second-order valence-corrected chi connectivity index (χ2v) is 15.2. The van der Waals surface area contributed by atoms with Gasteiger partial charge >= 0.3 is 0 Å². The van der Waals surface area contributed by atoms with Gasteiger partial charge < -0.3 is 15.6 Å². The largest absolute Gasteiger partial charge is 0.507 e. The highest BCUT2D eigenvalue weighted by Gasteiger charge is 2.24. The molecular weight excluding hydrogens is 540 g/mol. The van der Waals surface area contributed by atoms with Gasteiger partial charge in [0.25, 0.3) is 0 Å². The Hall–Kier alpha value is -3.66. The Labute approximate surface area is 266 Å². The first-order valence-corrected chi connectivity index (χ1v) is 16.0. The van der Waals surface area contributed by atoms with Crippen molar-refractivity contribution < 1.29 is 10.2 Å². The van der Waals surface area contributed by atoms with Crippen LogP contribution in [0.2, 0.25) is 0 Å². The van der Waals surface area contributed by atoms with E-state index < -0.39 is 0 Å². The molecule has 0 unspecified atom stereocenters. The first-order valence-electron chi connectivity index (χ1n) is 16.0. The lowest BCUT2D eigenvalue weighted by Gasteiger charge is -2.26. The Morgan fingerprint density at radius 1 is 0.705 bits per heavy atom. The Bertz CT molecular complexity index is 1470. The van der Waals surface area contributed by atoms with E-state index in [4.69, 9.17) is 10.4 Å². The van der Waals surface area contributed by atoms with Crippen molar-refractivity contribution >= 4 is 18.5 Å². The molecule has 0 saturated heterocycles. The van der Waals surface area contributed by atoms with Gasteiger partial charge in [-0.3, -0.25) is 4.99 Å². The zero-order valence-electron chi connectivity index (χ0n) is 28.5. The Balaban J connectivity index is 0.000000269. The maximum absolute atomic E-state index is 10.9. The van der Waals surface area contributed by atoms with Gasteiger partial charge in [-0.2, -0.15) is 0 Å². The molecule has 0 bridgehead atoms. The summed E-state index contributed by atoms with van der Waals surface area (Å²) in [4.78, 5) is 4.80. The number of benzene rings is 3. The summed E-state index contributed by atoms with van der Waals surface area (Å²) in [6.07, 6.45) is 11.1. The van der Waals surface area contributed by atoms with E-state index >= 15 is 0 Å². The number of rotatable bonds is 5. The van der Waals surface area contributed by atoms with Crippen molar-refractivity contribution in [2.45, 2.75) is 117 Å². The molecule has 3 aromatic carbocycles. The van der Waals surface area contributed by atoms with Crippen molar-refractivity contribution in [2.24, 2.45) is 4.99 Å². The predicted molar refractivity (Wildman–Crippen MR) is 190 cm³/mol. The van der Waals surface area contributed by atoms with E-state index in [1.54, 1.807) is 0 Å². The fourth-order valence-corrected chi connectivity index (χ4v) is 5.49. The zero-order valence-corrected chi connectivity index (χ0v) is 28.5. The smallest absolute Gasteiger partial charge is 0.128 e. The fourth-order valence-electron chi connectivity index (χ4n) is 5.49. The van der Waals surface area contributed by atoms with Crippen LogP contribution in [0, 0.1) is 5.41 Å². The molecule has 0 aliphatic heterocycles. The lowest BCUT2D eigenvalue weighted by atomic mass is 9.79. The zero-order chi connectivity index (χ0) is 32.9. The van der Waals surface area contributed by atoms with Crippen LogP contribution in [-0.2, 0) is 16.2 Å². The Morgan fingerprint density at radius 2 is 1.25 bits per heavy atom. The summed E-state index contributed by atoms with van der Waals surface area (Å²) >= 11 is 0. The minimum atomic E-state index is -0.144. The molecule has 44 heavy (non-hydrogen) atoms. The number of aromatic hydroxyl groups is 2. The molecule has 0 radical (unpaired) electrons. The van der Waals surface area contributed by atoms with Gasteiger partial charge in [-0.25, -0.2) is 0 Å². The van der Waals surface area contributed by atoms with Crippen LogP contribution < -0.4 is 0 Å². The van der Waals surface area contributed by atoms with Crippen LogP contribution in [0.5, 0.6) is 11.5 Å². The topological polar surface area (TPSA) is 76.7 Å². The SMILES string of the molecule is C=Cc1ccc(-c2cc(C=NC3CCCCC3)c(O)c(C(C)(C)C)c2)cc1.CC(C)(C)c1cc(C=N)c(O)c(C(C)(C)C)c1. The van der Waals surface area contributed by atoms with Gasteiger partial charge in [0, 0.05) is 40.7 Å². The standard InChI is InChI=1S/C25H31NO.C15H23NO/c1-5-18-11-13-19(14-12-18)20-15-21(17-26-22-9-7-6-8-10-22)24(27)23(16-20)25(2,3)4;1-14(2,3)11-7-10(9-16)13(17)12(8-11)15(4,5)6/h5,11-17,22,27H,1,6-10H2,2-4H3;7-9,16-17H,1-6H3. The summed E-state index contributed by atoms with van der Waals surface area (Å²) in [7, 11) is 0. The van der Waals surface area contributed by atoms with Gasteiger partial charge in [0.05, 0.1) is 0 Å². The summed E-state index contributed by atoms with van der Waals surface area (Å²) in [5.74, 6) is 0.592. The first-order chi connectivity index (χ1) is 20.5. The van der Waals surface area contributed by atoms with Gasteiger partial charge in [0.15, 0.2) is 0 Å². The van der Waals surface area contributed by atoms with Crippen LogP contribution in [0.15, 0.2) is 60.1 Å². The minimum Gasteiger partial charge on any atom is -0.507 e. The molecule has 3 aromatic rings. The molecule has 4 rings (SSSR count). The molecule has 1 saturated carbocycles. The quantitative estimate of drug-likeness (QED) is 0.257. The average molecular weight is 595 g/mol. The third kappa shape index (κ3) is 8.94. The summed E-state index contributed by atoms with van der Waals surface area (Å²) in [5.41, 5.74) is 7.53. The molecule has 236 valence electrons. The van der Waals surface area contributed by atoms with Gasteiger partial charge in [-0.15, -0.1) is 0 Å². The highest BCUT2D eigenvalue weighted by Crippen LogP contribution is 2.38. The van der Waals surface area contributed by atoms with E-state index in [1.165, 1.54) is 25.5 Å². The molecule has 1 aliphatic carbocycles. The lowest BCUT2D eigenvalue weighted by molar-refractivity contribution is 0.441. The van der Waals surface area contributed by atoms with E-state index in [-0.39, 0.29) is 22.0 Å². The maximum atomic E-state index is 10.9. The number of nitrogens with zero attached hydrogens (tertiary/aromatic N) is 1. The van der Waals surface area contributed by atoms with Crippen molar-refractivity contribution in [3.8, 4) is 22.6 Å². The van der Waals surface area contributed by atoms with Gasteiger partial charge in [-0.05, 0) is 69.5 Å². The first kappa shape index (κ1) is 34.8. The molecule has 0 spiro atoms. The van der Waals surface area contributed by atoms with E-state index in [0.29, 0.717) is 17.4 Å². The van der Waals surface area contributed by atoms with E-state index in [1.807, 2.05) is 18.4 Å². The van der Waals surface area contributed by atoms with Crippen molar-refractivity contribution in [3.63, 3.8) is 0 Å².